The van der Waals surface area contributed by atoms with Gasteiger partial charge < -0.3 is 15.5 Å². The molecule has 2 aromatic heterocycles. The molecule has 2 aromatic rings. The number of rotatable bonds is 8. The lowest BCUT2D eigenvalue weighted by atomic mass is 10.2. The molecule has 2 rings (SSSR count). The average Bonchev–Trinajstić information content (AvgIpc) is 2.54. The number of anilines is 2. The van der Waals surface area contributed by atoms with Crippen molar-refractivity contribution in [3.8, 4) is 0 Å². The molecule has 0 bridgehead atoms. The van der Waals surface area contributed by atoms with Crippen LogP contribution in [0.5, 0.6) is 0 Å². The summed E-state index contributed by atoms with van der Waals surface area (Å²) in [6.07, 6.45) is -2.28. The van der Waals surface area contributed by atoms with Gasteiger partial charge in [0.05, 0.1) is 0 Å². The SMILES string of the molecule is CN(C)CCNc1nc(NCCc2ccccn2)cc(C(F)(F)F)n1. The molecular formula is C16H21F3N6. The summed E-state index contributed by atoms with van der Waals surface area (Å²) in [5, 5.41) is 5.72. The summed E-state index contributed by atoms with van der Waals surface area (Å²) < 4.78 is 39.1. The van der Waals surface area contributed by atoms with E-state index in [1.54, 1.807) is 6.20 Å². The first-order chi connectivity index (χ1) is 11.8. The number of aromatic nitrogens is 3. The zero-order valence-electron chi connectivity index (χ0n) is 14.1. The van der Waals surface area contributed by atoms with Gasteiger partial charge in [0.25, 0.3) is 0 Å². The highest BCUT2D eigenvalue weighted by Crippen LogP contribution is 2.29. The first kappa shape index (κ1) is 18.9. The van der Waals surface area contributed by atoms with Crippen LogP contribution in [0, 0.1) is 0 Å². The third-order valence-corrected chi connectivity index (χ3v) is 3.27. The third kappa shape index (κ3) is 6.54. The van der Waals surface area contributed by atoms with Gasteiger partial charge in [-0.25, -0.2) is 4.98 Å². The molecule has 0 aliphatic heterocycles. The number of nitrogens with zero attached hydrogens (tertiary/aromatic N) is 4. The topological polar surface area (TPSA) is 66.0 Å². The van der Waals surface area contributed by atoms with Gasteiger partial charge in [-0.2, -0.15) is 18.2 Å². The van der Waals surface area contributed by atoms with Crippen LogP contribution in [0.2, 0.25) is 0 Å². The fourth-order valence-corrected chi connectivity index (χ4v) is 2.02. The molecule has 0 saturated carbocycles. The summed E-state index contributed by atoms with van der Waals surface area (Å²) >= 11 is 0. The van der Waals surface area contributed by atoms with Crippen LogP contribution in [0.1, 0.15) is 11.4 Å². The van der Waals surface area contributed by atoms with Gasteiger partial charge in [0, 0.05) is 44.0 Å². The molecule has 6 nitrogen and oxygen atoms in total. The minimum Gasteiger partial charge on any atom is -0.370 e. The Morgan fingerprint density at radius 3 is 2.52 bits per heavy atom. The molecule has 9 heteroatoms. The lowest BCUT2D eigenvalue weighted by Crippen LogP contribution is -2.22. The monoisotopic (exact) mass is 354 g/mol. The van der Waals surface area contributed by atoms with Crippen LogP contribution in [-0.4, -0.2) is 53.6 Å². The lowest BCUT2D eigenvalue weighted by molar-refractivity contribution is -0.141. The molecule has 0 radical (unpaired) electrons. The third-order valence-electron chi connectivity index (χ3n) is 3.27. The molecule has 0 fully saturated rings. The quantitative estimate of drug-likeness (QED) is 0.759. The molecule has 0 saturated heterocycles. The van der Waals surface area contributed by atoms with Crippen LogP contribution in [0.25, 0.3) is 0 Å². The van der Waals surface area contributed by atoms with Crippen molar-refractivity contribution in [2.24, 2.45) is 0 Å². The number of nitrogens with one attached hydrogen (secondary N) is 2. The molecule has 0 aliphatic carbocycles. The van der Waals surface area contributed by atoms with E-state index in [1.165, 1.54) is 0 Å². The van der Waals surface area contributed by atoms with Gasteiger partial charge in [0.15, 0.2) is 5.69 Å². The van der Waals surface area contributed by atoms with Crippen LogP contribution in [0.15, 0.2) is 30.5 Å². The molecule has 0 amide bonds. The predicted octanol–water partition coefficient (Wildman–Crippen LogP) is 2.52. The van der Waals surface area contributed by atoms with E-state index in [4.69, 9.17) is 0 Å². The second kappa shape index (κ2) is 8.61. The maximum atomic E-state index is 13.0. The van der Waals surface area contributed by atoms with Gasteiger partial charge in [-0.05, 0) is 26.2 Å². The van der Waals surface area contributed by atoms with Crippen molar-refractivity contribution in [3.63, 3.8) is 0 Å². The Bertz CT molecular complexity index is 661. The Morgan fingerprint density at radius 1 is 1.08 bits per heavy atom. The number of likely N-dealkylation sites (N-methyl/N-ethyl adjacent to an activating group) is 1. The number of pyridine rings is 1. The van der Waals surface area contributed by atoms with E-state index >= 15 is 0 Å². The summed E-state index contributed by atoms with van der Waals surface area (Å²) in [4.78, 5) is 13.7. The summed E-state index contributed by atoms with van der Waals surface area (Å²) in [5.41, 5.74) is -0.125. The van der Waals surface area contributed by atoms with E-state index in [0.717, 1.165) is 11.8 Å². The van der Waals surface area contributed by atoms with Gasteiger partial charge in [0.1, 0.15) is 5.82 Å². The molecule has 136 valence electrons. The molecule has 0 unspecified atom stereocenters. The highest BCUT2D eigenvalue weighted by molar-refractivity contribution is 5.43. The Hall–Kier alpha value is -2.42. The van der Waals surface area contributed by atoms with Gasteiger partial charge in [-0.3, -0.25) is 4.98 Å². The highest BCUT2D eigenvalue weighted by atomic mass is 19.4. The van der Waals surface area contributed by atoms with Gasteiger partial charge in [-0.15, -0.1) is 0 Å². The second-order valence-corrected chi connectivity index (χ2v) is 5.69. The van der Waals surface area contributed by atoms with Crippen molar-refractivity contribution >= 4 is 11.8 Å². The predicted molar refractivity (Wildman–Crippen MR) is 90.5 cm³/mol. The van der Waals surface area contributed by atoms with Gasteiger partial charge in [-0.1, -0.05) is 6.07 Å². The second-order valence-electron chi connectivity index (χ2n) is 5.69. The first-order valence-corrected chi connectivity index (χ1v) is 7.83. The van der Waals surface area contributed by atoms with E-state index in [2.05, 4.69) is 25.6 Å². The molecule has 0 aromatic carbocycles. The Kier molecular flexibility index (Phi) is 6.51. The molecule has 0 atom stereocenters. The van der Waals surface area contributed by atoms with Crippen molar-refractivity contribution in [1.29, 1.82) is 0 Å². The summed E-state index contributed by atoms with van der Waals surface area (Å²) in [7, 11) is 3.75. The van der Waals surface area contributed by atoms with Gasteiger partial charge in [0.2, 0.25) is 5.95 Å². The Balaban J connectivity index is 2.04. The normalized spacial score (nSPS) is 11.6. The smallest absolute Gasteiger partial charge is 0.370 e. The molecule has 2 N–H and O–H groups in total. The van der Waals surface area contributed by atoms with Crippen molar-refractivity contribution in [1.82, 2.24) is 19.9 Å². The molecule has 0 aliphatic rings. The Labute approximate surface area is 144 Å². The fourth-order valence-electron chi connectivity index (χ4n) is 2.02. The van der Waals surface area contributed by atoms with Crippen molar-refractivity contribution in [2.75, 3.05) is 44.4 Å². The standard InChI is InChI=1S/C16H21F3N6/c1-25(2)10-9-22-15-23-13(16(17,18)19)11-14(24-15)21-8-6-12-5-3-4-7-20-12/h3-5,7,11H,6,8-10H2,1-2H3,(H2,21,22,23,24). The van der Waals surface area contributed by atoms with E-state index in [0.29, 0.717) is 26.1 Å². The van der Waals surface area contributed by atoms with Gasteiger partial charge >= 0.3 is 6.18 Å². The highest BCUT2D eigenvalue weighted by Gasteiger charge is 2.33. The first-order valence-electron chi connectivity index (χ1n) is 7.83. The average molecular weight is 354 g/mol. The van der Waals surface area contributed by atoms with Crippen molar-refractivity contribution in [2.45, 2.75) is 12.6 Å². The minimum atomic E-state index is -4.53. The van der Waals surface area contributed by atoms with Crippen LogP contribution in [-0.2, 0) is 12.6 Å². The van der Waals surface area contributed by atoms with E-state index in [-0.39, 0.29) is 11.8 Å². The number of hydrogen-bond acceptors (Lipinski definition) is 6. The number of halogens is 3. The van der Waals surface area contributed by atoms with Crippen LogP contribution >= 0.6 is 0 Å². The van der Waals surface area contributed by atoms with Crippen molar-refractivity contribution < 1.29 is 13.2 Å². The van der Waals surface area contributed by atoms with Crippen molar-refractivity contribution in [3.05, 3.63) is 41.9 Å². The molecule has 25 heavy (non-hydrogen) atoms. The Morgan fingerprint density at radius 2 is 1.88 bits per heavy atom. The van der Waals surface area contributed by atoms with E-state index in [9.17, 15) is 13.2 Å². The minimum absolute atomic E-state index is 0.0444. The summed E-state index contributed by atoms with van der Waals surface area (Å²) in [6, 6.07) is 6.44. The molecule has 2 heterocycles. The molecule has 0 spiro atoms. The summed E-state index contributed by atoms with van der Waals surface area (Å²) in [5.74, 6) is 0.0858. The van der Waals surface area contributed by atoms with E-state index in [1.807, 2.05) is 37.2 Å². The van der Waals surface area contributed by atoms with E-state index < -0.39 is 11.9 Å². The maximum absolute atomic E-state index is 13.0. The van der Waals surface area contributed by atoms with Crippen LogP contribution in [0.4, 0.5) is 24.9 Å². The number of hydrogen-bond donors (Lipinski definition) is 2. The number of alkyl halides is 3. The van der Waals surface area contributed by atoms with Crippen LogP contribution < -0.4 is 10.6 Å². The zero-order valence-corrected chi connectivity index (χ0v) is 14.1. The lowest BCUT2D eigenvalue weighted by Gasteiger charge is -2.14. The fraction of sp³-hybridized carbons (Fsp3) is 0.438. The zero-order chi connectivity index (χ0) is 18.3. The summed E-state index contributed by atoms with van der Waals surface area (Å²) in [6.45, 7) is 1.52. The molecular weight excluding hydrogens is 333 g/mol. The maximum Gasteiger partial charge on any atom is 0.433 e. The van der Waals surface area contributed by atoms with Crippen LogP contribution in [0.3, 0.4) is 0 Å². The largest absolute Gasteiger partial charge is 0.433 e.